The molecule has 10 heavy (non-hydrogen) atoms. The Morgan fingerprint density at radius 3 is 2.30 bits per heavy atom. The van der Waals surface area contributed by atoms with Crippen molar-refractivity contribution in [1.29, 1.82) is 0 Å². The first-order valence-corrected chi connectivity index (χ1v) is 3.55. The summed E-state index contributed by atoms with van der Waals surface area (Å²) in [5.41, 5.74) is 0.311. The van der Waals surface area contributed by atoms with Crippen LogP contribution in [0.15, 0.2) is 12.2 Å². The third-order valence-corrected chi connectivity index (χ3v) is 1.83. The molecule has 0 amide bonds. The summed E-state index contributed by atoms with van der Waals surface area (Å²) < 4.78 is 0. The van der Waals surface area contributed by atoms with Gasteiger partial charge >= 0.3 is 0 Å². The van der Waals surface area contributed by atoms with Crippen LogP contribution in [-0.2, 0) is 4.89 Å². The predicted molar refractivity (Wildman–Crippen MR) is 41.8 cm³/mol. The topological polar surface area (TPSA) is 29.5 Å². The van der Waals surface area contributed by atoms with Gasteiger partial charge in [0, 0.05) is 0 Å². The van der Waals surface area contributed by atoms with Crippen molar-refractivity contribution in [3.63, 3.8) is 0 Å². The van der Waals surface area contributed by atoms with E-state index in [9.17, 15) is 0 Å². The third kappa shape index (κ3) is 2.12. The fraction of sp³-hybridized carbons (Fsp3) is 0.750. The van der Waals surface area contributed by atoms with Gasteiger partial charge in [-0.15, -0.1) is 0 Å². The summed E-state index contributed by atoms with van der Waals surface area (Å²) in [6.45, 7) is 9.46. The van der Waals surface area contributed by atoms with Gasteiger partial charge < -0.3 is 0 Å². The van der Waals surface area contributed by atoms with Gasteiger partial charge in [0.05, 0.1) is 0 Å². The summed E-state index contributed by atoms with van der Waals surface area (Å²) in [6.07, 6.45) is 1.78. The van der Waals surface area contributed by atoms with Crippen molar-refractivity contribution < 1.29 is 10.1 Å². The molecule has 2 heteroatoms. The minimum atomic E-state index is -0.547. The van der Waals surface area contributed by atoms with Crippen molar-refractivity contribution in [2.24, 2.45) is 0 Å². The Hall–Kier alpha value is -0.340. The van der Waals surface area contributed by atoms with Crippen LogP contribution in [0.5, 0.6) is 0 Å². The standard InChI is InChI=1S/C8H16O2/c1-5-6-8(4,10-9)7(2)3/h9H,2,5-6H2,1,3-4H3. The summed E-state index contributed by atoms with van der Waals surface area (Å²) >= 11 is 0. The lowest BCUT2D eigenvalue weighted by atomic mass is 9.93. The van der Waals surface area contributed by atoms with Crippen molar-refractivity contribution in [2.75, 3.05) is 0 Å². The largest absolute Gasteiger partial charge is 0.251 e. The van der Waals surface area contributed by atoms with Gasteiger partial charge in [-0.25, -0.2) is 4.89 Å². The van der Waals surface area contributed by atoms with E-state index in [1.54, 1.807) is 0 Å². The molecule has 2 nitrogen and oxygen atoms in total. The molecular weight excluding hydrogens is 128 g/mol. The lowest BCUT2D eigenvalue weighted by Gasteiger charge is -2.25. The minimum Gasteiger partial charge on any atom is -0.251 e. The molecule has 0 aromatic carbocycles. The molecule has 0 saturated carbocycles. The molecule has 0 aliphatic rings. The molecular formula is C8H16O2. The van der Waals surface area contributed by atoms with Crippen LogP contribution in [0.25, 0.3) is 0 Å². The van der Waals surface area contributed by atoms with Gasteiger partial charge in [0.1, 0.15) is 5.60 Å². The molecule has 0 rings (SSSR count). The highest BCUT2D eigenvalue weighted by molar-refractivity contribution is 5.07. The molecule has 0 aromatic heterocycles. The third-order valence-electron chi connectivity index (χ3n) is 1.83. The summed E-state index contributed by atoms with van der Waals surface area (Å²) in [7, 11) is 0. The average molecular weight is 144 g/mol. The van der Waals surface area contributed by atoms with Crippen LogP contribution in [0, 0.1) is 0 Å². The lowest BCUT2D eigenvalue weighted by molar-refractivity contribution is -0.307. The van der Waals surface area contributed by atoms with Crippen LogP contribution >= 0.6 is 0 Å². The van der Waals surface area contributed by atoms with E-state index < -0.39 is 5.60 Å². The van der Waals surface area contributed by atoms with E-state index in [1.807, 2.05) is 20.8 Å². The molecule has 60 valence electrons. The monoisotopic (exact) mass is 144 g/mol. The Morgan fingerprint density at radius 1 is 1.70 bits per heavy atom. The maximum atomic E-state index is 8.53. The quantitative estimate of drug-likeness (QED) is 0.373. The molecule has 1 atom stereocenters. The van der Waals surface area contributed by atoms with Crippen molar-refractivity contribution in [3.05, 3.63) is 12.2 Å². The van der Waals surface area contributed by atoms with E-state index in [4.69, 9.17) is 5.26 Å². The maximum absolute atomic E-state index is 8.53. The first-order chi connectivity index (χ1) is 4.56. The normalized spacial score (nSPS) is 16.4. The second kappa shape index (κ2) is 3.74. The molecule has 0 bridgehead atoms. The van der Waals surface area contributed by atoms with E-state index >= 15 is 0 Å². The van der Waals surface area contributed by atoms with Crippen molar-refractivity contribution in [3.8, 4) is 0 Å². The molecule has 1 N–H and O–H groups in total. The van der Waals surface area contributed by atoms with Gasteiger partial charge in [-0.05, 0) is 25.8 Å². The number of rotatable bonds is 4. The van der Waals surface area contributed by atoms with Crippen LogP contribution < -0.4 is 0 Å². The molecule has 0 spiro atoms. The van der Waals surface area contributed by atoms with E-state index in [0.717, 1.165) is 18.4 Å². The minimum absolute atomic E-state index is 0.547. The first-order valence-electron chi connectivity index (χ1n) is 3.55. The fourth-order valence-electron chi connectivity index (χ4n) is 0.814. The highest BCUT2D eigenvalue weighted by Crippen LogP contribution is 2.23. The van der Waals surface area contributed by atoms with Crippen molar-refractivity contribution in [1.82, 2.24) is 0 Å². The van der Waals surface area contributed by atoms with Gasteiger partial charge in [-0.3, -0.25) is 5.26 Å². The van der Waals surface area contributed by atoms with Crippen LogP contribution in [0.3, 0.4) is 0 Å². The fourth-order valence-corrected chi connectivity index (χ4v) is 0.814. The molecule has 0 saturated heterocycles. The van der Waals surface area contributed by atoms with Gasteiger partial charge in [0.25, 0.3) is 0 Å². The molecule has 0 fully saturated rings. The number of hydrogen-bond acceptors (Lipinski definition) is 2. The summed E-state index contributed by atoms with van der Waals surface area (Å²) in [4.78, 5) is 4.34. The van der Waals surface area contributed by atoms with E-state index in [0.29, 0.717) is 0 Å². The SMILES string of the molecule is C=C(C)C(C)(CCC)OO. The van der Waals surface area contributed by atoms with Crippen LogP contribution in [0.1, 0.15) is 33.6 Å². The van der Waals surface area contributed by atoms with Crippen molar-refractivity contribution >= 4 is 0 Å². The number of hydrogen-bond donors (Lipinski definition) is 1. The summed E-state index contributed by atoms with van der Waals surface area (Å²) in [6, 6.07) is 0. The Kier molecular flexibility index (Phi) is 3.61. The van der Waals surface area contributed by atoms with E-state index in [2.05, 4.69) is 11.5 Å². The maximum Gasteiger partial charge on any atom is 0.121 e. The zero-order chi connectivity index (χ0) is 8.20. The van der Waals surface area contributed by atoms with Gasteiger partial charge in [0.2, 0.25) is 0 Å². The zero-order valence-corrected chi connectivity index (χ0v) is 6.98. The Labute approximate surface area is 62.4 Å². The second-order valence-corrected chi connectivity index (χ2v) is 2.85. The Balaban J connectivity index is 4.08. The van der Waals surface area contributed by atoms with Crippen LogP contribution in [-0.4, -0.2) is 10.9 Å². The lowest BCUT2D eigenvalue weighted by Crippen LogP contribution is -2.28. The molecule has 0 aliphatic heterocycles. The molecule has 0 aromatic rings. The smallest absolute Gasteiger partial charge is 0.121 e. The van der Waals surface area contributed by atoms with Crippen LogP contribution in [0.4, 0.5) is 0 Å². The average Bonchev–Trinajstić information content (AvgIpc) is 1.88. The molecule has 1 unspecified atom stereocenters. The predicted octanol–water partition coefficient (Wildman–Crippen LogP) is 2.61. The van der Waals surface area contributed by atoms with Crippen LogP contribution in [0.2, 0.25) is 0 Å². The van der Waals surface area contributed by atoms with Gasteiger partial charge in [-0.2, -0.15) is 0 Å². The molecule has 0 radical (unpaired) electrons. The Morgan fingerprint density at radius 2 is 2.20 bits per heavy atom. The summed E-state index contributed by atoms with van der Waals surface area (Å²) in [5, 5.41) is 8.53. The van der Waals surface area contributed by atoms with Crippen molar-refractivity contribution in [2.45, 2.75) is 39.2 Å². The summed E-state index contributed by atoms with van der Waals surface area (Å²) in [5.74, 6) is 0. The highest BCUT2D eigenvalue weighted by Gasteiger charge is 2.24. The van der Waals surface area contributed by atoms with Gasteiger partial charge in [-0.1, -0.05) is 19.9 Å². The molecule has 0 heterocycles. The first kappa shape index (κ1) is 9.66. The Bertz CT molecular complexity index is 120. The van der Waals surface area contributed by atoms with E-state index in [1.165, 1.54) is 0 Å². The van der Waals surface area contributed by atoms with Gasteiger partial charge in [0.15, 0.2) is 0 Å². The second-order valence-electron chi connectivity index (χ2n) is 2.85. The molecule has 0 aliphatic carbocycles. The zero-order valence-electron chi connectivity index (χ0n) is 6.98. The van der Waals surface area contributed by atoms with E-state index in [-0.39, 0.29) is 0 Å². The highest BCUT2D eigenvalue weighted by atomic mass is 17.1.